The standard InChI is InChI=1S/C11H14F3N3O2S/c1-2-17(7-10(15)16)20(18,19)9-5-3-4-8(6-9)11(12,13)14/h3-6H,2,7H2,1H3,(H3,15,16). The molecule has 0 unspecified atom stereocenters. The Morgan fingerprint density at radius 2 is 2.00 bits per heavy atom. The van der Waals surface area contributed by atoms with Crippen molar-refractivity contribution in [2.24, 2.45) is 5.73 Å². The SMILES string of the molecule is CCN(CC(=N)N)S(=O)(=O)c1cccc(C(F)(F)F)c1. The maximum atomic E-state index is 12.6. The molecule has 0 saturated heterocycles. The van der Waals surface area contributed by atoms with Crippen LogP contribution >= 0.6 is 0 Å². The fourth-order valence-electron chi connectivity index (χ4n) is 1.54. The molecular weight excluding hydrogens is 295 g/mol. The first kappa shape index (κ1) is 16.4. The Bertz CT molecular complexity index is 599. The molecule has 0 aliphatic carbocycles. The number of rotatable bonds is 5. The van der Waals surface area contributed by atoms with E-state index in [1.165, 1.54) is 6.92 Å². The van der Waals surface area contributed by atoms with E-state index in [2.05, 4.69) is 0 Å². The topological polar surface area (TPSA) is 87.2 Å². The summed E-state index contributed by atoms with van der Waals surface area (Å²) in [4.78, 5) is -0.476. The molecule has 0 aliphatic rings. The molecule has 5 nitrogen and oxygen atoms in total. The van der Waals surface area contributed by atoms with E-state index in [-0.39, 0.29) is 18.9 Å². The van der Waals surface area contributed by atoms with E-state index >= 15 is 0 Å². The number of hydrogen-bond acceptors (Lipinski definition) is 3. The largest absolute Gasteiger partial charge is 0.416 e. The zero-order valence-electron chi connectivity index (χ0n) is 10.6. The zero-order valence-corrected chi connectivity index (χ0v) is 11.4. The number of hydrogen-bond donors (Lipinski definition) is 2. The summed E-state index contributed by atoms with van der Waals surface area (Å²) in [5.41, 5.74) is 4.10. The number of nitrogens with two attached hydrogens (primary N) is 1. The molecule has 1 aromatic rings. The lowest BCUT2D eigenvalue weighted by Crippen LogP contribution is -2.38. The van der Waals surface area contributed by atoms with E-state index in [9.17, 15) is 21.6 Å². The highest BCUT2D eigenvalue weighted by Gasteiger charge is 2.32. The number of nitrogens with one attached hydrogen (secondary N) is 1. The van der Waals surface area contributed by atoms with Crippen LogP contribution in [0, 0.1) is 5.41 Å². The minimum atomic E-state index is -4.62. The van der Waals surface area contributed by atoms with E-state index < -0.39 is 26.7 Å². The lowest BCUT2D eigenvalue weighted by atomic mass is 10.2. The van der Waals surface area contributed by atoms with Crippen LogP contribution in [0.5, 0.6) is 0 Å². The van der Waals surface area contributed by atoms with Crippen molar-refractivity contribution in [1.82, 2.24) is 4.31 Å². The second-order valence-corrected chi connectivity index (χ2v) is 5.92. The quantitative estimate of drug-likeness (QED) is 0.640. The monoisotopic (exact) mass is 309 g/mol. The second-order valence-electron chi connectivity index (χ2n) is 3.98. The average Bonchev–Trinajstić information content (AvgIpc) is 2.34. The predicted octanol–water partition coefficient (Wildman–Crippen LogP) is 1.65. The van der Waals surface area contributed by atoms with Crippen LogP contribution in [-0.2, 0) is 16.2 Å². The molecule has 20 heavy (non-hydrogen) atoms. The van der Waals surface area contributed by atoms with Gasteiger partial charge < -0.3 is 5.73 Å². The van der Waals surface area contributed by atoms with Crippen molar-refractivity contribution in [2.45, 2.75) is 18.0 Å². The first-order valence-electron chi connectivity index (χ1n) is 5.59. The molecule has 0 atom stereocenters. The number of likely N-dealkylation sites (N-methyl/N-ethyl adjacent to an activating group) is 1. The highest BCUT2D eigenvalue weighted by atomic mass is 32.2. The average molecular weight is 309 g/mol. The fourth-order valence-corrected chi connectivity index (χ4v) is 3.01. The molecule has 1 aromatic carbocycles. The summed E-state index contributed by atoms with van der Waals surface area (Å²) >= 11 is 0. The molecule has 0 fully saturated rings. The van der Waals surface area contributed by atoms with Crippen LogP contribution in [0.2, 0.25) is 0 Å². The Morgan fingerprint density at radius 1 is 1.40 bits per heavy atom. The van der Waals surface area contributed by atoms with Crippen LogP contribution in [0.25, 0.3) is 0 Å². The summed E-state index contributed by atoms with van der Waals surface area (Å²) in [6.07, 6.45) is -4.62. The van der Waals surface area contributed by atoms with Crippen LogP contribution in [-0.4, -0.2) is 31.6 Å². The molecule has 112 valence electrons. The predicted molar refractivity (Wildman–Crippen MR) is 67.8 cm³/mol. The summed E-state index contributed by atoms with van der Waals surface area (Å²) in [7, 11) is -4.12. The van der Waals surface area contributed by atoms with Crippen LogP contribution in [0.4, 0.5) is 13.2 Å². The molecule has 0 heterocycles. The summed E-state index contributed by atoms with van der Waals surface area (Å²) in [5, 5.41) is 7.10. The van der Waals surface area contributed by atoms with Crippen molar-refractivity contribution in [3.8, 4) is 0 Å². The van der Waals surface area contributed by atoms with Gasteiger partial charge in [-0.1, -0.05) is 13.0 Å². The second kappa shape index (κ2) is 5.80. The van der Waals surface area contributed by atoms with Gasteiger partial charge in [0.2, 0.25) is 10.0 Å². The molecule has 0 bridgehead atoms. The number of amidine groups is 1. The minimum absolute atomic E-state index is 0.00183. The zero-order chi connectivity index (χ0) is 15.6. The fraction of sp³-hybridized carbons (Fsp3) is 0.364. The highest BCUT2D eigenvalue weighted by molar-refractivity contribution is 7.89. The maximum Gasteiger partial charge on any atom is 0.416 e. The molecule has 9 heteroatoms. The van der Waals surface area contributed by atoms with Crippen molar-refractivity contribution < 1.29 is 21.6 Å². The number of sulfonamides is 1. The van der Waals surface area contributed by atoms with Crippen LogP contribution < -0.4 is 5.73 Å². The number of benzene rings is 1. The van der Waals surface area contributed by atoms with Gasteiger partial charge in [-0.2, -0.15) is 17.5 Å². The number of nitrogens with zero attached hydrogens (tertiary/aromatic N) is 1. The van der Waals surface area contributed by atoms with Crippen molar-refractivity contribution in [3.05, 3.63) is 29.8 Å². The van der Waals surface area contributed by atoms with E-state index in [1.807, 2.05) is 0 Å². The van der Waals surface area contributed by atoms with Crippen LogP contribution in [0.1, 0.15) is 12.5 Å². The van der Waals surface area contributed by atoms with Gasteiger partial charge in [0.05, 0.1) is 17.0 Å². The molecule has 0 aliphatic heterocycles. The van der Waals surface area contributed by atoms with Gasteiger partial charge in [-0.05, 0) is 18.2 Å². The maximum absolute atomic E-state index is 12.6. The van der Waals surface area contributed by atoms with E-state index in [1.54, 1.807) is 0 Å². The molecular formula is C11H14F3N3O2S. The van der Waals surface area contributed by atoms with Gasteiger partial charge in [-0.3, -0.25) is 5.41 Å². The normalized spacial score (nSPS) is 12.7. The Morgan fingerprint density at radius 3 is 2.45 bits per heavy atom. The molecule has 0 spiro atoms. The third-order valence-corrected chi connectivity index (χ3v) is 4.42. The summed E-state index contributed by atoms with van der Waals surface area (Å²) < 4.78 is 63.0. The molecule has 1 rings (SSSR count). The first-order valence-corrected chi connectivity index (χ1v) is 7.03. The number of halogens is 3. The summed E-state index contributed by atoms with van der Waals surface area (Å²) in [6, 6.07) is 3.46. The lowest BCUT2D eigenvalue weighted by Gasteiger charge is -2.20. The first-order chi connectivity index (χ1) is 9.09. The Hall–Kier alpha value is -1.61. The molecule has 0 aromatic heterocycles. The molecule has 0 amide bonds. The summed E-state index contributed by atoms with van der Waals surface area (Å²) in [6.45, 7) is 1.14. The third kappa shape index (κ3) is 3.70. The molecule has 3 N–H and O–H groups in total. The van der Waals surface area contributed by atoms with Gasteiger partial charge in [0.1, 0.15) is 5.84 Å². The molecule has 0 radical (unpaired) electrons. The molecule has 0 saturated carbocycles. The minimum Gasteiger partial charge on any atom is -0.387 e. The van der Waals surface area contributed by atoms with E-state index in [4.69, 9.17) is 11.1 Å². The van der Waals surface area contributed by atoms with Crippen LogP contribution in [0.15, 0.2) is 29.2 Å². The van der Waals surface area contributed by atoms with E-state index in [0.29, 0.717) is 6.07 Å². The Kier molecular flexibility index (Phi) is 4.77. The van der Waals surface area contributed by atoms with Gasteiger partial charge in [0.15, 0.2) is 0 Å². The van der Waals surface area contributed by atoms with E-state index in [0.717, 1.165) is 22.5 Å². The van der Waals surface area contributed by atoms with Crippen molar-refractivity contribution in [3.63, 3.8) is 0 Å². The summed E-state index contributed by atoms with van der Waals surface area (Å²) in [5.74, 6) is -0.387. The van der Waals surface area contributed by atoms with Crippen LogP contribution in [0.3, 0.4) is 0 Å². The van der Waals surface area contributed by atoms with Gasteiger partial charge >= 0.3 is 6.18 Å². The van der Waals surface area contributed by atoms with Crippen molar-refractivity contribution >= 4 is 15.9 Å². The third-order valence-electron chi connectivity index (χ3n) is 2.50. The Balaban J connectivity index is 3.25. The Labute approximate surface area is 114 Å². The van der Waals surface area contributed by atoms with Gasteiger partial charge in [-0.25, -0.2) is 8.42 Å². The van der Waals surface area contributed by atoms with Crippen molar-refractivity contribution in [1.29, 1.82) is 5.41 Å². The van der Waals surface area contributed by atoms with Gasteiger partial charge in [-0.15, -0.1) is 0 Å². The van der Waals surface area contributed by atoms with Crippen molar-refractivity contribution in [2.75, 3.05) is 13.1 Å². The highest BCUT2D eigenvalue weighted by Crippen LogP contribution is 2.31. The number of alkyl halides is 3. The lowest BCUT2D eigenvalue weighted by molar-refractivity contribution is -0.137. The van der Waals surface area contributed by atoms with Gasteiger partial charge in [0, 0.05) is 6.54 Å². The smallest absolute Gasteiger partial charge is 0.387 e. The van der Waals surface area contributed by atoms with Gasteiger partial charge in [0.25, 0.3) is 0 Å².